The number of hydrogen-bond acceptors (Lipinski definition) is 5. The summed E-state index contributed by atoms with van der Waals surface area (Å²) in [5.41, 5.74) is -1.88. The molecule has 0 atom stereocenters. The normalized spacial score (nSPS) is 37.7. The first-order valence-corrected chi connectivity index (χ1v) is 4.99. The molecule has 1 saturated carbocycles. The smallest absolute Gasteiger partial charge is 0.315 e. The zero-order valence-corrected chi connectivity index (χ0v) is 8.99. The highest BCUT2D eigenvalue weighted by Gasteiger charge is 2.66. The van der Waals surface area contributed by atoms with Crippen LogP contribution >= 0.6 is 0 Å². The van der Waals surface area contributed by atoms with Gasteiger partial charge in [0.1, 0.15) is 11.0 Å². The van der Waals surface area contributed by atoms with E-state index in [2.05, 4.69) is 0 Å². The summed E-state index contributed by atoms with van der Waals surface area (Å²) in [7, 11) is 2.94. The van der Waals surface area contributed by atoms with Gasteiger partial charge in [0.25, 0.3) is 0 Å². The molecule has 5 heteroatoms. The van der Waals surface area contributed by atoms with Crippen LogP contribution in [0.15, 0.2) is 0 Å². The molecule has 0 aromatic rings. The minimum atomic E-state index is -1.06. The maximum atomic E-state index is 11.7. The van der Waals surface area contributed by atoms with Crippen molar-refractivity contribution in [2.24, 2.45) is 5.41 Å². The van der Waals surface area contributed by atoms with Gasteiger partial charge in [0.05, 0.1) is 26.4 Å². The van der Waals surface area contributed by atoms with Crippen molar-refractivity contribution in [3.05, 3.63) is 0 Å². The van der Waals surface area contributed by atoms with E-state index in [0.717, 1.165) is 0 Å². The molecule has 15 heavy (non-hydrogen) atoms. The molecule has 2 aliphatic rings. The average Bonchev–Trinajstić information content (AvgIpc) is 2.13. The number of rotatable bonds is 3. The maximum absolute atomic E-state index is 11.7. The fourth-order valence-corrected chi connectivity index (χ4v) is 2.39. The SMILES string of the molecule is COC(=O)C1(C2(O)COC2)CC(OC)C1. The molecule has 5 nitrogen and oxygen atoms in total. The second-order valence-corrected chi connectivity index (χ2v) is 4.36. The Kier molecular flexibility index (Phi) is 2.48. The summed E-state index contributed by atoms with van der Waals surface area (Å²) in [4.78, 5) is 11.7. The van der Waals surface area contributed by atoms with E-state index in [1.165, 1.54) is 7.11 Å². The summed E-state index contributed by atoms with van der Waals surface area (Å²) in [6, 6.07) is 0. The lowest BCUT2D eigenvalue weighted by Gasteiger charge is -2.56. The van der Waals surface area contributed by atoms with E-state index in [1.54, 1.807) is 7.11 Å². The monoisotopic (exact) mass is 216 g/mol. The quantitative estimate of drug-likeness (QED) is 0.657. The number of ether oxygens (including phenoxy) is 3. The molecule has 1 heterocycles. The van der Waals surface area contributed by atoms with Gasteiger partial charge in [-0.2, -0.15) is 0 Å². The molecule has 0 unspecified atom stereocenters. The highest BCUT2D eigenvalue weighted by Crippen LogP contribution is 2.53. The van der Waals surface area contributed by atoms with E-state index in [1.807, 2.05) is 0 Å². The predicted octanol–water partition coefficient (Wildman–Crippen LogP) is -0.284. The van der Waals surface area contributed by atoms with Crippen molar-refractivity contribution in [3.8, 4) is 0 Å². The Hall–Kier alpha value is -0.650. The summed E-state index contributed by atoms with van der Waals surface area (Å²) in [5, 5.41) is 10.2. The molecule has 1 aliphatic carbocycles. The third kappa shape index (κ3) is 1.30. The molecular formula is C10H16O5. The van der Waals surface area contributed by atoms with Crippen LogP contribution in [-0.2, 0) is 19.0 Å². The van der Waals surface area contributed by atoms with Gasteiger partial charge in [-0.25, -0.2) is 0 Å². The van der Waals surface area contributed by atoms with Crippen LogP contribution < -0.4 is 0 Å². The number of carbonyl (C=O) groups excluding carboxylic acids is 1. The maximum Gasteiger partial charge on any atom is 0.315 e. The molecule has 1 aliphatic heterocycles. The second kappa shape index (κ2) is 3.43. The Bertz CT molecular complexity index is 265. The van der Waals surface area contributed by atoms with E-state index in [9.17, 15) is 9.90 Å². The van der Waals surface area contributed by atoms with Crippen molar-refractivity contribution >= 4 is 5.97 Å². The van der Waals surface area contributed by atoms with Crippen LogP contribution in [0.3, 0.4) is 0 Å². The van der Waals surface area contributed by atoms with Crippen LogP contribution in [0.4, 0.5) is 0 Å². The van der Waals surface area contributed by atoms with Gasteiger partial charge in [-0.15, -0.1) is 0 Å². The van der Waals surface area contributed by atoms with Crippen LogP contribution in [0.25, 0.3) is 0 Å². The Morgan fingerprint density at radius 2 is 2.00 bits per heavy atom. The minimum absolute atomic E-state index is 0.0359. The van der Waals surface area contributed by atoms with Crippen molar-refractivity contribution in [3.63, 3.8) is 0 Å². The van der Waals surface area contributed by atoms with Crippen molar-refractivity contribution < 1.29 is 24.1 Å². The van der Waals surface area contributed by atoms with E-state index in [0.29, 0.717) is 12.8 Å². The van der Waals surface area contributed by atoms with Gasteiger partial charge in [-0.05, 0) is 12.8 Å². The fourth-order valence-electron chi connectivity index (χ4n) is 2.39. The van der Waals surface area contributed by atoms with Crippen molar-refractivity contribution in [1.29, 1.82) is 0 Å². The first-order valence-electron chi connectivity index (χ1n) is 4.99. The molecule has 0 aromatic carbocycles. The molecule has 2 fully saturated rings. The number of methoxy groups -OCH3 is 2. The van der Waals surface area contributed by atoms with Gasteiger partial charge >= 0.3 is 5.97 Å². The molecule has 0 aromatic heterocycles. The summed E-state index contributed by atoms with van der Waals surface area (Å²) < 4.78 is 14.9. The van der Waals surface area contributed by atoms with Gasteiger partial charge in [0, 0.05) is 7.11 Å². The zero-order chi connectivity index (χ0) is 11.1. The zero-order valence-electron chi connectivity index (χ0n) is 8.99. The first-order chi connectivity index (χ1) is 7.08. The molecule has 0 spiro atoms. The Balaban J connectivity index is 2.15. The average molecular weight is 216 g/mol. The van der Waals surface area contributed by atoms with Crippen LogP contribution in [0.2, 0.25) is 0 Å². The number of carbonyl (C=O) groups is 1. The van der Waals surface area contributed by atoms with Gasteiger partial charge < -0.3 is 19.3 Å². The van der Waals surface area contributed by atoms with Crippen LogP contribution in [0, 0.1) is 5.41 Å². The van der Waals surface area contributed by atoms with Gasteiger partial charge in [0.15, 0.2) is 0 Å². The lowest BCUT2D eigenvalue weighted by Crippen LogP contribution is -2.70. The molecule has 0 radical (unpaired) electrons. The van der Waals surface area contributed by atoms with Crippen molar-refractivity contribution in [2.75, 3.05) is 27.4 Å². The number of esters is 1. The number of hydrogen-bond donors (Lipinski definition) is 1. The molecule has 0 amide bonds. The standard InChI is InChI=1S/C10H16O5/c1-13-7-3-9(4-7,8(11)14-2)10(12)5-15-6-10/h7,12H,3-6H2,1-2H3. The topological polar surface area (TPSA) is 65.0 Å². The van der Waals surface area contributed by atoms with E-state index < -0.39 is 11.0 Å². The third-order valence-corrected chi connectivity index (χ3v) is 3.63. The van der Waals surface area contributed by atoms with Gasteiger partial charge in [-0.1, -0.05) is 0 Å². The van der Waals surface area contributed by atoms with Crippen molar-refractivity contribution in [2.45, 2.75) is 24.5 Å². The molecule has 86 valence electrons. The Morgan fingerprint density at radius 3 is 2.33 bits per heavy atom. The summed E-state index contributed by atoms with van der Waals surface area (Å²) in [5.74, 6) is -0.360. The third-order valence-electron chi connectivity index (χ3n) is 3.63. The van der Waals surface area contributed by atoms with Crippen LogP contribution in [0.1, 0.15) is 12.8 Å². The van der Waals surface area contributed by atoms with Crippen LogP contribution in [-0.4, -0.2) is 50.2 Å². The summed E-state index contributed by atoms with van der Waals surface area (Å²) >= 11 is 0. The highest BCUT2D eigenvalue weighted by molar-refractivity contribution is 5.80. The number of aliphatic hydroxyl groups is 1. The van der Waals surface area contributed by atoms with E-state index in [4.69, 9.17) is 14.2 Å². The summed E-state index contributed by atoms with van der Waals surface area (Å²) in [6.45, 7) is 0.414. The van der Waals surface area contributed by atoms with E-state index >= 15 is 0 Å². The largest absolute Gasteiger partial charge is 0.469 e. The Morgan fingerprint density at radius 1 is 1.40 bits per heavy atom. The molecule has 1 N–H and O–H groups in total. The van der Waals surface area contributed by atoms with Crippen LogP contribution in [0.5, 0.6) is 0 Å². The lowest BCUT2D eigenvalue weighted by atomic mass is 9.56. The second-order valence-electron chi connectivity index (χ2n) is 4.36. The van der Waals surface area contributed by atoms with Gasteiger partial charge in [-0.3, -0.25) is 4.79 Å². The van der Waals surface area contributed by atoms with Crippen molar-refractivity contribution in [1.82, 2.24) is 0 Å². The fraction of sp³-hybridized carbons (Fsp3) is 0.900. The van der Waals surface area contributed by atoms with Gasteiger partial charge in [0.2, 0.25) is 0 Å². The molecule has 1 saturated heterocycles. The predicted molar refractivity (Wildman–Crippen MR) is 50.2 cm³/mol. The highest BCUT2D eigenvalue weighted by atomic mass is 16.6. The minimum Gasteiger partial charge on any atom is -0.469 e. The molecule has 0 bridgehead atoms. The first kappa shape index (κ1) is 10.9. The van der Waals surface area contributed by atoms with E-state index in [-0.39, 0.29) is 25.3 Å². The lowest BCUT2D eigenvalue weighted by molar-refractivity contribution is -0.278. The molecule has 2 rings (SSSR count). The Labute approximate surface area is 88.3 Å². The summed E-state index contributed by atoms with van der Waals surface area (Å²) in [6.07, 6.45) is 1.06. The molecular weight excluding hydrogens is 200 g/mol.